The molecule has 0 aliphatic heterocycles. The van der Waals surface area contributed by atoms with E-state index in [0.29, 0.717) is 15.4 Å². The van der Waals surface area contributed by atoms with Gasteiger partial charge in [0.05, 0.1) is 9.52 Å². The predicted molar refractivity (Wildman–Crippen MR) is 195 cm³/mol. The van der Waals surface area contributed by atoms with Gasteiger partial charge in [-0.2, -0.15) is 12.5 Å². The van der Waals surface area contributed by atoms with Gasteiger partial charge in [0.25, 0.3) is 0 Å². The molecule has 0 nitrogen and oxygen atoms in total. The molecule has 1 atom stereocenters. The van der Waals surface area contributed by atoms with Crippen LogP contribution in [0, 0.1) is 21.8 Å². The molecule has 8 rings (SSSR count). The molecule has 0 saturated heterocycles. The van der Waals surface area contributed by atoms with Crippen LogP contribution in [0.25, 0.3) is 60.6 Å². The van der Waals surface area contributed by atoms with Gasteiger partial charge in [-0.05, 0) is 55.3 Å². The molecule has 0 fully saturated rings. The van der Waals surface area contributed by atoms with Crippen LogP contribution in [0.4, 0.5) is 0 Å². The molecule has 7 aromatic carbocycles. The molecule has 45 heavy (non-hydrogen) atoms. The monoisotopic (exact) mass is 760 g/mol. The molecule has 216 valence electrons. The molecular formula is C43H36HfSi. The van der Waals surface area contributed by atoms with E-state index >= 15 is 0 Å². The molecular weight excluding hydrogens is 723 g/mol. The minimum Gasteiger partial charge on any atom is -0.358 e. The number of rotatable bonds is 6. The molecule has 0 amide bonds. The normalized spacial score (nSPS) is 13.5. The first-order valence-electron chi connectivity index (χ1n) is 14.8. The van der Waals surface area contributed by atoms with E-state index in [4.69, 9.17) is 0 Å². The van der Waals surface area contributed by atoms with Gasteiger partial charge in [-0.15, -0.1) is 34.2 Å². The van der Waals surface area contributed by atoms with Gasteiger partial charge in [-0.25, -0.2) is 0 Å². The van der Waals surface area contributed by atoms with E-state index < -0.39 is 0 Å². The SMILES string of the molecule is [CH2-]CCC1C([Si]c2cc3c(-c4cccc5ccccc45)cccc3[cH-]2)=Cc2c(-c3cccc4ccccc34)cccc21.[CH3-].[CH3-].[Hf+4]. The third-order valence-electron chi connectivity index (χ3n) is 8.88. The third kappa shape index (κ3) is 5.75. The minimum atomic E-state index is 0. The molecule has 0 N–H and O–H groups in total. The third-order valence-corrected chi connectivity index (χ3v) is 10.2. The molecule has 0 heterocycles. The van der Waals surface area contributed by atoms with Crippen LogP contribution in [0.1, 0.15) is 29.9 Å². The van der Waals surface area contributed by atoms with E-state index in [1.807, 2.05) is 0 Å². The fraction of sp³-hybridized carbons (Fsp3) is 0.0698. The topological polar surface area (TPSA) is 0 Å². The molecule has 7 aromatic rings. The molecule has 2 radical (unpaired) electrons. The Morgan fingerprint density at radius 1 is 0.600 bits per heavy atom. The van der Waals surface area contributed by atoms with Crippen LogP contribution in [0.3, 0.4) is 0 Å². The van der Waals surface area contributed by atoms with Crippen molar-refractivity contribution in [3.05, 3.63) is 172 Å². The Morgan fingerprint density at radius 2 is 1.13 bits per heavy atom. The average Bonchev–Trinajstić information content (AvgIpc) is 3.61. The van der Waals surface area contributed by atoms with Crippen molar-refractivity contribution in [3.8, 4) is 22.3 Å². The van der Waals surface area contributed by atoms with Crippen LogP contribution < -0.4 is 5.19 Å². The summed E-state index contributed by atoms with van der Waals surface area (Å²) in [5.74, 6) is 0.418. The number of hydrogen-bond acceptors (Lipinski definition) is 0. The van der Waals surface area contributed by atoms with E-state index in [9.17, 15) is 0 Å². The Kier molecular flexibility index (Phi) is 9.96. The summed E-state index contributed by atoms with van der Waals surface area (Å²) < 4.78 is 0. The Balaban J connectivity index is 0.00000133. The maximum absolute atomic E-state index is 4.27. The summed E-state index contributed by atoms with van der Waals surface area (Å²) in [4.78, 5) is 0. The molecule has 1 aliphatic carbocycles. The second-order valence-corrected chi connectivity index (χ2v) is 12.7. The van der Waals surface area contributed by atoms with E-state index in [1.165, 1.54) is 76.1 Å². The van der Waals surface area contributed by atoms with Gasteiger partial charge < -0.3 is 21.8 Å². The largest absolute Gasteiger partial charge is 4.00 e. The van der Waals surface area contributed by atoms with Gasteiger partial charge in [-0.3, -0.25) is 0 Å². The van der Waals surface area contributed by atoms with Crippen molar-refractivity contribution in [3.63, 3.8) is 0 Å². The number of fused-ring (bicyclic) bond motifs is 4. The maximum Gasteiger partial charge on any atom is 4.00 e. The van der Waals surface area contributed by atoms with Gasteiger partial charge >= 0.3 is 25.8 Å². The van der Waals surface area contributed by atoms with Crippen molar-refractivity contribution in [1.29, 1.82) is 0 Å². The van der Waals surface area contributed by atoms with Crippen molar-refractivity contribution < 1.29 is 25.8 Å². The first-order valence-corrected chi connectivity index (χ1v) is 15.8. The van der Waals surface area contributed by atoms with Crippen molar-refractivity contribution >= 4 is 53.1 Å². The van der Waals surface area contributed by atoms with Gasteiger partial charge in [-0.1, -0.05) is 132 Å². The number of hydrogen-bond donors (Lipinski definition) is 0. The Morgan fingerprint density at radius 3 is 1.80 bits per heavy atom. The minimum absolute atomic E-state index is 0. The summed E-state index contributed by atoms with van der Waals surface area (Å²) in [5, 5.41) is 10.8. The smallest absolute Gasteiger partial charge is 0.358 e. The molecule has 0 aromatic heterocycles. The maximum atomic E-state index is 4.27. The van der Waals surface area contributed by atoms with Gasteiger partial charge in [0.1, 0.15) is 0 Å². The fourth-order valence-electron chi connectivity index (χ4n) is 6.97. The van der Waals surface area contributed by atoms with Crippen LogP contribution in [-0.4, -0.2) is 9.52 Å². The van der Waals surface area contributed by atoms with Gasteiger partial charge in [0.15, 0.2) is 0 Å². The molecule has 0 saturated carbocycles. The summed E-state index contributed by atoms with van der Waals surface area (Å²) >= 11 is 0. The van der Waals surface area contributed by atoms with Gasteiger partial charge in [0.2, 0.25) is 0 Å². The molecule has 2 heteroatoms. The zero-order valence-electron chi connectivity index (χ0n) is 26.0. The van der Waals surface area contributed by atoms with Crippen molar-refractivity contribution in [2.75, 3.05) is 0 Å². The zero-order chi connectivity index (χ0) is 28.0. The number of allylic oxidation sites excluding steroid dienone is 1. The first-order chi connectivity index (χ1) is 20.8. The summed E-state index contributed by atoms with van der Waals surface area (Å²) in [6.45, 7) is 4.27. The van der Waals surface area contributed by atoms with E-state index in [0.717, 1.165) is 12.8 Å². The summed E-state index contributed by atoms with van der Waals surface area (Å²) in [6.07, 6.45) is 4.51. The second kappa shape index (κ2) is 13.7. The summed E-state index contributed by atoms with van der Waals surface area (Å²) in [7, 11) is 0.632. The van der Waals surface area contributed by atoms with Crippen LogP contribution in [0.2, 0.25) is 0 Å². The van der Waals surface area contributed by atoms with Crippen LogP contribution >= 0.6 is 0 Å². The average molecular weight is 759 g/mol. The van der Waals surface area contributed by atoms with E-state index in [-0.39, 0.29) is 40.7 Å². The van der Waals surface area contributed by atoms with Crippen molar-refractivity contribution in [2.45, 2.75) is 18.8 Å². The first kappa shape index (κ1) is 32.7. The number of benzene rings is 6. The Bertz CT molecular complexity index is 2140. The van der Waals surface area contributed by atoms with Crippen LogP contribution in [0.5, 0.6) is 0 Å². The molecule has 0 spiro atoms. The Labute approximate surface area is 289 Å². The second-order valence-electron chi connectivity index (χ2n) is 11.3. The van der Waals surface area contributed by atoms with E-state index in [1.54, 1.807) is 0 Å². The molecule has 1 aliphatic rings. The molecule has 0 bridgehead atoms. The van der Waals surface area contributed by atoms with Crippen LogP contribution in [0.15, 0.2) is 139 Å². The fourth-order valence-corrected chi connectivity index (χ4v) is 8.44. The predicted octanol–water partition coefficient (Wildman–Crippen LogP) is 11.2. The summed E-state index contributed by atoms with van der Waals surface area (Å²) in [5.41, 5.74) is 8.13. The van der Waals surface area contributed by atoms with Gasteiger partial charge in [0, 0.05) is 0 Å². The standard InChI is InChI=1S/C41H30Si.2CH3.Hf/c1-2-11-38-37-23-10-22-36(34-20-8-15-28-13-4-6-18-32(28)34)40(37)26-41(38)42-30-24-29-16-9-21-35(39(29)25-30)33-19-7-14-27-12-3-5-17-31(27)33;;;/h3-10,12-26,38H,1-2,11H2;2*1H3;/q-2;2*-1;+4. The van der Waals surface area contributed by atoms with Crippen molar-refractivity contribution in [1.82, 2.24) is 0 Å². The van der Waals surface area contributed by atoms with Crippen LogP contribution in [-0.2, 0) is 25.8 Å². The van der Waals surface area contributed by atoms with E-state index in [2.05, 4.69) is 146 Å². The Hall–Kier alpha value is -3.72. The zero-order valence-corrected chi connectivity index (χ0v) is 30.6. The quantitative estimate of drug-likeness (QED) is 0.117. The van der Waals surface area contributed by atoms with Crippen molar-refractivity contribution in [2.24, 2.45) is 0 Å². The molecule has 1 unspecified atom stereocenters. The summed E-state index contributed by atoms with van der Waals surface area (Å²) in [6, 6.07) is 49.3.